The average molecular weight is 130 g/mol. The molecule has 0 saturated heterocycles. The summed E-state index contributed by atoms with van der Waals surface area (Å²) in [5.74, 6) is 0.419. The molecule has 0 aromatic rings. The fourth-order valence-electron chi connectivity index (χ4n) is 0.729. The highest BCUT2D eigenvalue weighted by molar-refractivity contribution is 4.79. The van der Waals surface area contributed by atoms with Crippen LogP contribution in [0.1, 0.15) is 33.6 Å². The fraction of sp³-hybridized carbons (Fsp3) is 1.00. The van der Waals surface area contributed by atoms with Gasteiger partial charge in [-0.1, -0.05) is 27.2 Å². The number of hydrogen-bond donors (Lipinski definition) is 2. The van der Waals surface area contributed by atoms with Gasteiger partial charge in [-0.15, -0.1) is 0 Å². The van der Waals surface area contributed by atoms with Crippen LogP contribution in [0.4, 0.5) is 0 Å². The van der Waals surface area contributed by atoms with E-state index in [1.54, 1.807) is 0 Å². The molecule has 2 nitrogen and oxygen atoms in total. The van der Waals surface area contributed by atoms with Crippen molar-refractivity contribution in [1.29, 1.82) is 0 Å². The van der Waals surface area contributed by atoms with Crippen molar-refractivity contribution in [3.63, 3.8) is 0 Å². The van der Waals surface area contributed by atoms with E-state index in [9.17, 15) is 0 Å². The molecule has 56 valence electrons. The quantitative estimate of drug-likeness (QED) is 0.561. The van der Waals surface area contributed by atoms with Crippen LogP contribution in [0, 0.1) is 5.92 Å². The Hall–Kier alpha value is -0.0800. The van der Waals surface area contributed by atoms with Gasteiger partial charge < -0.3 is 11.5 Å². The molecule has 0 aliphatic carbocycles. The van der Waals surface area contributed by atoms with E-state index in [0.717, 1.165) is 12.8 Å². The van der Waals surface area contributed by atoms with Crippen LogP contribution in [0.2, 0.25) is 0 Å². The second-order valence-corrected chi connectivity index (χ2v) is 2.78. The minimum Gasteiger partial charge on any atom is -0.313 e. The SMILES string of the molecule is CCC(C)C(N)(N)CC. The Morgan fingerprint density at radius 2 is 1.78 bits per heavy atom. The smallest absolute Gasteiger partial charge is 0.0660 e. The van der Waals surface area contributed by atoms with Crippen molar-refractivity contribution < 1.29 is 0 Å². The molecule has 0 fully saturated rings. The molecule has 0 aromatic heterocycles. The molecule has 0 spiro atoms. The monoisotopic (exact) mass is 130 g/mol. The lowest BCUT2D eigenvalue weighted by Gasteiger charge is -2.29. The molecular formula is C7H18N2. The zero-order valence-corrected chi connectivity index (χ0v) is 6.65. The van der Waals surface area contributed by atoms with Gasteiger partial charge in [0.15, 0.2) is 0 Å². The van der Waals surface area contributed by atoms with Crippen molar-refractivity contribution in [3.05, 3.63) is 0 Å². The standard InChI is InChI=1S/C7H18N2/c1-4-6(3)7(8,9)5-2/h6H,4-5,8-9H2,1-3H3. The van der Waals surface area contributed by atoms with Crippen LogP contribution in [-0.4, -0.2) is 5.66 Å². The van der Waals surface area contributed by atoms with E-state index in [4.69, 9.17) is 11.5 Å². The van der Waals surface area contributed by atoms with E-state index in [1.807, 2.05) is 6.92 Å². The molecule has 1 unspecified atom stereocenters. The van der Waals surface area contributed by atoms with Gasteiger partial charge in [-0.3, -0.25) is 0 Å². The van der Waals surface area contributed by atoms with E-state index in [-0.39, 0.29) is 0 Å². The summed E-state index contributed by atoms with van der Waals surface area (Å²) >= 11 is 0. The van der Waals surface area contributed by atoms with E-state index in [0.29, 0.717) is 5.92 Å². The van der Waals surface area contributed by atoms with Crippen molar-refractivity contribution in [2.24, 2.45) is 17.4 Å². The molecule has 0 heterocycles. The Balaban J connectivity index is 3.80. The fourth-order valence-corrected chi connectivity index (χ4v) is 0.729. The molecule has 0 saturated carbocycles. The summed E-state index contributed by atoms with van der Waals surface area (Å²) < 4.78 is 0. The van der Waals surface area contributed by atoms with Crippen molar-refractivity contribution in [1.82, 2.24) is 0 Å². The van der Waals surface area contributed by atoms with Gasteiger partial charge in [0, 0.05) is 0 Å². The lowest BCUT2D eigenvalue weighted by atomic mass is 9.91. The molecule has 0 aliphatic rings. The van der Waals surface area contributed by atoms with Crippen LogP contribution in [0.25, 0.3) is 0 Å². The molecule has 0 aliphatic heterocycles. The van der Waals surface area contributed by atoms with Gasteiger partial charge in [-0.2, -0.15) is 0 Å². The van der Waals surface area contributed by atoms with Gasteiger partial charge in [0.1, 0.15) is 0 Å². The predicted octanol–water partition coefficient (Wildman–Crippen LogP) is 1.06. The largest absolute Gasteiger partial charge is 0.313 e. The van der Waals surface area contributed by atoms with Crippen LogP contribution in [0.5, 0.6) is 0 Å². The summed E-state index contributed by atoms with van der Waals surface area (Å²) in [6.45, 7) is 6.21. The highest BCUT2D eigenvalue weighted by atomic mass is 15.0. The molecule has 0 aromatic carbocycles. The molecule has 2 heteroatoms. The summed E-state index contributed by atoms with van der Waals surface area (Å²) in [6, 6.07) is 0. The Morgan fingerprint density at radius 3 is 1.89 bits per heavy atom. The summed E-state index contributed by atoms with van der Waals surface area (Å²) in [6.07, 6.45) is 1.91. The van der Waals surface area contributed by atoms with Crippen LogP contribution >= 0.6 is 0 Å². The maximum Gasteiger partial charge on any atom is 0.0660 e. The van der Waals surface area contributed by atoms with E-state index in [1.165, 1.54) is 0 Å². The van der Waals surface area contributed by atoms with Crippen molar-refractivity contribution in [3.8, 4) is 0 Å². The molecule has 0 bridgehead atoms. The van der Waals surface area contributed by atoms with Crippen LogP contribution < -0.4 is 11.5 Å². The maximum atomic E-state index is 5.75. The van der Waals surface area contributed by atoms with Crippen LogP contribution in [-0.2, 0) is 0 Å². The third kappa shape index (κ3) is 2.33. The lowest BCUT2D eigenvalue weighted by Crippen LogP contribution is -2.53. The first kappa shape index (κ1) is 8.92. The lowest BCUT2D eigenvalue weighted by molar-refractivity contribution is 0.281. The minimum absolute atomic E-state index is 0.419. The van der Waals surface area contributed by atoms with Gasteiger partial charge in [0.2, 0.25) is 0 Å². The number of hydrogen-bond acceptors (Lipinski definition) is 2. The third-order valence-electron chi connectivity index (χ3n) is 2.14. The number of nitrogens with two attached hydrogens (primary N) is 2. The first-order chi connectivity index (χ1) is 4.04. The Kier molecular flexibility index (Phi) is 3.15. The average Bonchev–Trinajstić information content (AvgIpc) is 1.86. The Morgan fingerprint density at radius 1 is 1.33 bits per heavy atom. The summed E-state index contributed by atoms with van der Waals surface area (Å²) in [4.78, 5) is 0. The van der Waals surface area contributed by atoms with Crippen LogP contribution in [0.15, 0.2) is 0 Å². The van der Waals surface area contributed by atoms with Gasteiger partial charge in [0.25, 0.3) is 0 Å². The molecular weight excluding hydrogens is 112 g/mol. The van der Waals surface area contributed by atoms with Gasteiger partial charge in [-0.05, 0) is 12.3 Å². The molecule has 1 atom stereocenters. The third-order valence-corrected chi connectivity index (χ3v) is 2.14. The molecule has 0 amide bonds. The molecule has 9 heavy (non-hydrogen) atoms. The van der Waals surface area contributed by atoms with E-state index >= 15 is 0 Å². The van der Waals surface area contributed by atoms with Crippen molar-refractivity contribution >= 4 is 0 Å². The van der Waals surface area contributed by atoms with Gasteiger partial charge >= 0.3 is 0 Å². The maximum absolute atomic E-state index is 5.75. The molecule has 0 radical (unpaired) electrons. The first-order valence-electron chi connectivity index (χ1n) is 3.62. The minimum atomic E-state index is -0.450. The summed E-state index contributed by atoms with van der Waals surface area (Å²) in [5.41, 5.74) is 11.0. The summed E-state index contributed by atoms with van der Waals surface area (Å²) in [5, 5.41) is 0. The van der Waals surface area contributed by atoms with Gasteiger partial charge in [0.05, 0.1) is 5.66 Å². The van der Waals surface area contributed by atoms with Gasteiger partial charge in [-0.25, -0.2) is 0 Å². The van der Waals surface area contributed by atoms with E-state index < -0.39 is 5.66 Å². The highest BCUT2D eigenvalue weighted by Gasteiger charge is 2.22. The van der Waals surface area contributed by atoms with E-state index in [2.05, 4.69) is 13.8 Å². The Bertz CT molecular complexity index is 79.0. The number of rotatable bonds is 3. The zero-order chi connectivity index (χ0) is 7.49. The predicted molar refractivity (Wildman–Crippen MR) is 40.9 cm³/mol. The summed E-state index contributed by atoms with van der Waals surface area (Å²) in [7, 11) is 0. The van der Waals surface area contributed by atoms with Crippen LogP contribution in [0.3, 0.4) is 0 Å². The zero-order valence-electron chi connectivity index (χ0n) is 6.65. The van der Waals surface area contributed by atoms with Crippen molar-refractivity contribution in [2.75, 3.05) is 0 Å². The first-order valence-corrected chi connectivity index (χ1v) is 3.62. The topological polar surface area (TPSA) is 52.0 Å². The molecule has 4 N–H and O–H groups in total. The van der Waals surface area contributed by atoms with Crippen molar-refractivity contribution in [2.45, 2.75) is 39.3 Å². The molecule has 0 rings (SSSR count). The normalized spacial score (nSPS) is 15.7. The highest BCUT2D eigenvalue weighted by Crippen LogP contribution is 2.14. The Labute approximate surface area is 57.6 Å². The second-order valence-electron chi connectivity index (χ2n) is 2.78. The second kappa shape index (κ2) is 3.18.